The number of hydrogen-bond acceptors (Lipinski definition) is 5. The number of rotatable bonds is 6. The molecule has 5 rings (SSSR count). The van der Waals surface area contributed by atoms with Crippen LogP contribution in [0.2, 0.25) is 0 Å². The maximum atomic E-state index is 14.2. The van der Waals surface area contributed by atoms with Crippen LogP contribution in [0.4, 0.5) is 24.5 Å². The highest BCUT2D eigenvalue weighted by Crippen LogP contribution is 2.35. The molecule has 206 valence electrons. The molecular weight excluding hydrogens is 507 g/mol. The number of methoxy groups -OCH3 is 1. The van der Waals surface area contributed by atoms with Crippen LogP contribution in [-0.2, 0) is 11.0 Å². The Hall–Kier alpha value is -3.88. The van der Waals surface area contributed by atoms with Crippen molar-refractivity contribution in [1.29, 1.82) is 0 Å². The van der Waals surface area contributed by atoms with E-state index in [1.54, 1.807) is 7.11 Å². The zero-order valence-corrected chi connectivity index (χ0v) is 21.9. The molecule has 1 unspecified atom stereocenters. The summed E-state index contributed by atoms with van der Waals surface area (Å²) in [5.41, 5.74) is -0.0140. The van der Waals surface area contributed by atoms with Gasteiger partial charge in [0.1, 0.15) is 11.5 Å². The Morgan fingerprint density at radius 3 is 2.15 bits per heavy atom. The van der Waals surface area contributed by atoms with Crippen LogP contribution in [0.15, 0.2) is 78.9 Å². The van der Waals surface area contributed by atoms with Crippen molar-refractivity contribution >= 4 is 17.3 Å². The number of nitrogens with zero attached hydrogens (tertiary/aromatic N) is 3. The van der Waals surface area contributed by atoms with Crippen LogP contribution in [0.25, 0.3) is 0 Å². The Bertz CT molecular complexity index is 1260. The molecule has 39 heavy (non-hydrogen) atoms. The fourth-order valence-corrected chi connectivity index (χ4v) is 5.45. The molecule has 0 saturated carbocycles. The Balaban J connectivity index is 1.38. The van der Waals surface area contributed by atoms with Crippen LogP contribution in [0.3, 0.4) is 0 Å². The number of alkyl halides is 3. The van der Waals surface area contributed by atoms with Gasteiger partial charge in [0.05, 0.1) is 24.9 Å². The van der Waals surface area contributed by atoms with Gasteiger partial charge in [0, 0.05) is 38.4 Å². The summed E-state index contributed by atoms with van der Waals surface area (Å²) >= 11 is 0. The van der Waals surface area contributed by atoms with E-state index in [1.807, 2.05) is 59.5 Å². The van der Waals surface area contributed by atoms with Gasteiger partial charge in [0.15, 0.2) is 0 Å². The highest BCUT2D eigenvalue weighted by molar-refractivity contribution is 5.87. The van der Waals surface area contributed by atoms with Crippen molar-refractivity contribution in [3.8, 4) is 11.5 Å². The average Bonchev–Trinajstić information content (AvgIpc) is 2.97. The first-order valence-corrected chi connectivity index (χ1v) is 13.1. The SMILES string of the molecule is COc1ccccc1N1CCN(C(=O)C2(Oc3ccc(C(F)(F)F)cc3)CCCN(c3ccccc3)C2)CC1. The van der Waals surface area contributed by atoms with Gasteiger partial charge < -0.3 is 24.2 Å². The number of piperazine rings is 1. The molecule has 9 heteroatoms. The monoisotopic (exact) mass is 539 g/mol. The molecule has 2 aliphatic rings. The van der Waals surface area contributed by atoms with Crippen molar-refractivity contribution in [3.63, 3.8) is 0 Å². The largest absolute Gasteiger partial charge is 0.495 e. The van der Waals surface area contributed by atoms with E-state index in [1.165, 1.54) is 12.1 Å². The van der Waals surface area contributed by atoms with Crippen molar-refractivity contribution in [2.24, 2.45) is 0 Å². The van der Waals surface area contributed by atoms with Gasteiger partial charge in [-0.3, -0.25) is 4.79 Å². The standard InChI is InChI=1S/C30H32F3N3O3/c1-38-27-11-6-5-10-26(27)34-18-20-35(21-19-34)28(37)29(39-25-14-12-23(13-15-25)30(31,32)33)16-7-17-36(22-29)24-8-3-2-4-9-24/h2-6,8-15H,7,16-22H2,1H3. The van der Waals surface area contributed by atoms with Crippen molar-refractivity contribution in [2.45, 2.75) is 24.6 Å². The predicted molar refractivity (Wildman–Crippen MR) is 144 cm³/mol. The molecule has 0 spiro atoms. The second-order valence-electron chi connectivity index (χ2n) is 9.93. The molecule has 3 aromatic carbocycles. The molecule has 1 amide bonds. The smallest absolute Gasteiger partial charge is 0.416 e. The summed E-state index contributed by atoms with van der Waals surface area (Å²) in [5.74, 6) is 0.895. The number of carbonyl (C=O) groups is 1. The molecule has 2 aliphatic heterocycles. The number of amides is 1. The Kier molecular flexibility index (Phi) is 7.59. The molecule has 0 aliphatic carbocycles. The zero-order chi connectivity index (χ0) is 27.5. The van der Waals surface area contributed by atoms with E-state index >= 15 is 0 Å². The fourth-order valence-electron chi connectivity index (χ4n) is 5.45. The molecule has 3 aromatic rings. The molecule has 0 N–H and O–H groups in total. The maximum absolute atomic E-state index is 14.2. The Morgan fingerprint density at radius 2 is 1.49 bits per heavy atom. The van der Waals surface area contributed by atoms with Gasteiger partial charge in [-0.25, -0.2) is 0 Å². The average molecular weight is 540 g/mol. The minimum Gasteiger partial charge on any atom is -0.495 e. The lowest BCUT2D eigenvalue weighted by molar-refractivity contribution is -0.149. The Morgan fingerprint density at radius 1 is 0.821 bits per heavy atom. The van der Waals surface area contributed by atoms with E-state index in [0.29, 0.717) is 45.6 Å². The van der Waals surface area contributed by atoms with E-state index in [0.717, 1.165) is 35.8 Å². The second-order valence-corrected chi connectivity index (χ2v) is 9.93. The molecule has 2 fully saturated rings. The highest BCUT2D eigenvalue weighted by atomic mass is 19.4. The third kappa shape index (κ3) is 5.77. The number of ether oxygens (including phenoxy) is 2. The van der Waals surface area contributed by atoms with Gasteiger partial charge in [0.2, 0.25) is 5.60 Å². The summed E-state index contributed by atoms with van der Waals surface area (Å²) in [4.78, 5) is 20.3. The quantitative estimate of drug-likeness (QED) is 0.415. The fraction of sp³-hybridized carbons (Fsp3) is 0.367. The number of para-hydroxylation sites is 3. The molecule has 2 saturated heterocycles. The normalized spacial score (nSPS) is 20.1. The summed E-state index contributed by atoms with van der Waals surface area (Å²) in [6, 6.07) is 22.2. The topological polar surface area (TPSA) is 45.3 Å². The predicted octanol–water partition coefficient (Wildman–Crippen LogP) is 5.48. The lowest BCUT2D eigenvalue weighted by atomic mass is 9.89. The number of hydrogen-bond donors (Lipinski definition) is 0. The van der Waals surface area contributed by atoms with Crippen molar-refractivity contribution in [3.05, 3.63) is 84.4 Å². The minimum absolute atomic E-state index is 0.136. The van der Waals surface area contributed by atoms with Crippen LogP contribution in [-0.4, -0.2) is 62.8 Å². The molecule has 0 aromatic heterocycles. The number of carbonyl (C=O) groups excluding carboxylic acids is 1. The first kappa shape index (κ1) is 26.7. The molecular formula is C30H32F3N3O3. The lowest BCUT2D eigenvalue weighted by Crippen LogP contribution is -2.63. The summed E-state index contributed by atoms with van der Waals surface area (Å²) in [6.45, 7) is 3.33. The van der Waals surface area contributed by atoms with E-state index < -0.39 is 17.3 Å². The van der Waals surface area contributed by atoms with Crippen LogP contribution in [0.1, 0.15) is 18.4 Å². The summed E-state index contributed by atoms with van der Waals surface area (Å²) in [6.07, 6.45) is -3.26. The van der Waals surface area contributed by atoms with Crippen LogP contribution >= 0.6 is 0 Å². The van der Waals surface area contributed by atoms with E-state index in [9.17, 15) is 18.0 Å². The maximum Gasteiger partial charge on any atom is 0.416 e. The molecule has 0 bridgehead atoms. The van der Waals surface area contributed by atoms with Crippen LogP contribution < -0.4 is 19.3 Å². The van der Waals surface area contributed by atoms with Crippen molar-refractivity contribution in [1.82, 2.24) is 4.90 Å². The summed E-state index contributed by atoms with van der Waals surface area (Å²) < 4.78 is 51.3. The Labute approximate surface area is 226 Å². The molecule has 1 atom stereocenters. The summed E-state index contributed by atoms with van der Waals surface area (Å²) in [5, 5.41) is 0. The first-order chi connectivity index (χ1) is 18.8. The third-order valence-electron chi connectivity index (χ3n) is 7.45. The number of benzene rings is 3. The minimum atomic E-state index is -4.44. The third-order valence-corrected chi connectivity index (χ3v) is 7.45. The summed E-state index contributed by atoms with van der Waals surface area (Å²) in [7, 11) is 1.64. The van der Waals surface area contributed by atoms with Gasteiger partial charge in [-0.2, -0.15) is 13.2 Å². The van der Waals surface area contributed by atoms with Gasteiger partial charge in [-0.1, -0.05) is 30.3 Å². The number of anilines is 2. The van der Waals surface area contributed by atoms with Gasteiger partial charge >= 0.3 is 6.18 Å². The van der Waals surface area contributed by atoms with Gasteiger partial charge in [-0.05, 0) is 61.4 Å². The van der Waals surface area contributed by atoms with Gasteiger partial charge in [-0.15, -0.1) is 0 Å². The van der Waals surface area contributed by atoms with E-state index in [4.69, 9.17) is 9.47 Å². The van der Waals surface area contributed by atoms with E-state index in [2.05, 4.69) is 9.80 Å². The number of piperidine rings is 1. The number of halogens is 3. The molecule has 2 heterocycles. The second kappa shape index (κ2) is 11.1. The highest BCUT2D eigenvalue weighted by Gasteiger charge is 2.48. The van der Waals surface area contributed by atoms with E-state index in [-0.39, 0.29) is 11.7 Å². The van der Waals surface area contributed by atoms with Crippen LogP contribution in [0.5, 0.6) is 11.5 Å². The van der Waals surface area contributed by atoms with Gasteiger partial charge in [0.25, 0.3) is 5.91 Å². The zero-order valence-electron chi connectivity index (χ0n) is 21.9. The first-order valence-electron chi connectivity index (χ1n) is 13.1. The lowest BCUT2D eigenvalue weighted by Gasteiger charge is -2.46. The van der Waals surface area contributed by atoms with Crippen LogP contribution in [0, 0.1) is 0 Å². The van der Waals surface area contributed by atoms with Crippen molar-refractivity contribution < 1.29 is 27.4 Å². The molecule has 6 nitrogen and oxygen atoms in total. The van der Waals surface area contributed by atoms with Crippen molar-refractivity contribution in [2.75, 3.05) is 56.2 Å². The molecule has 0 radical (unpaired) electrons.